The maximum atomic E-state index is 13.1. The molecule has 33 heavy (non-hydrogen) atoms. The van der Waals surface area contributed by atoms with Crippen molar-refractivity contribution in [3.05, 3.63) is 89.4 Å². The summed E-state index contributed by atoms with van der Waals surface area (Å²) in [5.41, 5.74) is 13.5. The van der Waals surface area contributed by atoms with Gasteiger partial charge in [-0.05, 0) is 54.1 Å². The summed E-state index contributed by atoms with van der Waals surface area (Å²) in [6.07, 6.45) is 7.32. The lowest BCUT2D eigenvalue weighted by Crippen LogP contribution is -2.36. The van der Waals surface area contributed by atoms with Crippen LogP contribution in [0.4, 0.5) is 11.4 Å². The average molecular weight is 447 g/mol. The van der Waals surface area contributed by atoms with Crippen molar-refractivity contribution in [3.63, 3.8) is 0 Å². The molecule has 2 aromatic rings. The number of nitrogens with one attached hydrogen (secondary N) is 2. The van der Waals surface area contributed by atoms with Crippen LogP contribution >= 0.6 is 0 Å². The quantitative estimate of drug-likeness (QED) is 0.217. The molecule has 0 saturated heterocycles. The number of hydrogen-bond donors (Lipinski definition) is 5. The molecular weight excluding hydrogens is 414 g/mol. The van der Waals surface area contributed by atoms with Gasteiger partial charge in [0, 0.05) is 23.8 Å². The van der Waals surface area contributed by atoms with Gasteiger partial charge in [0.15, 0.2) is 0 Å². The second kappa shape index (κ2) is 11.6. The van der Waals surface area contributed by atoms with Crippen LogP contribution in [0, 0.1) is 17.8 Å². The molecule has 0 aromatic heterocycles. The van der Waals surface area contributed by atoms with Crippen molar-refractivity contribution in [2.75, 3.05) is 17.6 Å². The van der Waals surface area contributed by atoms with E-state index in [1.165, 1.54) is 0 Å². The number of nitrogen functional groups attached to an aromatic ring is 1. The first-order chi connectivity index (χ1) is 15.9. The van der Waals surface area contributed by atoms with Crippen molar-refractivity contribution in [1.29, 1.82) is 0 Å². The number of aliphatic hydroxyl groups is 1. The van der Waals surface area contributed by atoms with Crippen LogP contribution in [-0.2, 0) is 11.3 Å². The van der Waals surface area contributed by atoms with Gasteiger partial charge in [0.25, 0.3) is 0 Å². The van der Waals surface area contributed by atoms with Gasteiger partial charge in [-0.1, -0.05) is 61.6 Å². The molecule has 0 saturated carbocycles. The lowest BCUT2D eigenvalue weighted by Gasteiger charge is -2.29. The minimum absolute atomic E-state index is 0.0516. The Kier molecular flexibility index (Phi) is 8.54. The third-order valence-corrected chi connectivity index (χ3v) is 5.94. The van der Waals surface area contributed by atoms with E-state index in [-0.39, 0.29) is 34.9 Å². The monoisotopic (exact) mass is 446 g/mol. The van der Waals surface area contributed by atoms with Gasteiger partial charge in [0.05, 0.1) is 0 Å². The van der Waals surface area contributed by atoms with Crippen molar-refractivity contribution >= 4 is 23.0 Å². The molecule has 0 fully saturated rings. The standard InChI is InChI=1S/C26H32N5O2/c1-17-7-5-6-10-20(17)21(13-14-27)25(32)31-19-11-12-23(28)22(15-19)24(29)26(33)30-16-18-8-3-2-4-9-18/h2-12,15,17,20-21,26,30,33H,13-14,16,27-28H2,1H3,(H,31,32)/q-1. The van der Waals surface area contributed by atoms with Crippen molar-refractivity contribution in [2.45, 2.75) is 26.1 Å². The number of rotatable bonds is 10. The Morgan fingerprint density at radius 1 is 1.15 bits per heavy atom. The van der Waals surface area contributed by atoms with Crippen molar-refractivity contribution in [2.24, 2.45) is 23.5 Å². The molecule has 1 aliphatic carbocycles. The van der Waals surface area contributed by atoms with Crippen LogP contribution in [0.15, 0.2) is 72.8 Å². The zero-order valence-electron chi connectivity index (χ0n) is 18.8. The van der Waals surface area contributed by atoms with Crippen LogP contribution < -0.4 is 22.1 Å². The number of anilines is 2. The molecular formula is C26H32N5O2-. The molecule has 0 aliphatic heterocycles. The molecule has 0 spiro atoms. The van der Waals surface area contributed by atoms with Crippen LogP contribution in [0.25, 0.3) is 5.41 Å². The van der Waals surface area contributed by atoms with E-state index < -0.39 is 6.23 Å². The van der Waals surface area contributed by atoms with Crippen LogP contribution in [-0.4, -0.2) is 29.5 Å². The van der Waals surface area contributed by atoms with Gasteiger partial charge >= 0.3 is 0 Å². The third kappa shape index (κ3) is 6.38. The van der Waals surface area contributed by atoms with Crippen LogP contribution in [0.3, 0.4) is 0 Å². The molecule has 7 nitrogen and oxygen atoms in total. The Labute approximate surface area is 195 Å². The molecule has 0 bridgehead atoms. The van der Waals surface area contributed by atoms with Crippen LogP contribution in [0.5, 0.6) is 0 Å². The van der Waals surface area contributed by atoms with Gasteiger partial charge in [-0.25, -0.2) is 0 Å². The van der Waals surface area contributed by atoms with E-state index in [1.807, 2.05) is 48.6 Å². The van der Waals surface area contributed by atoms with Gasteiger partial charge in [-0.15, -0.1) is 5.71 Å². The van der Waals surface area contributed by atoms with Gasteiger partial charge in [0.2, 0.25) is 5.91 Å². The molecule has 4 unspecified atom stereocenters. The van der Waals surface area contributed by atoms with E-state index in [9.17, 15) is 15.3 Å². The lowest BCUT2D eigenvalue weighted by molar-refractivity contribution is -0.121. The summed E-state index contributed by atoms with van der Waals surface area (Å²) >= 11 is 0. The normalized spacial score (nSPS) is 19.1. The molecule has 3 rings (SSSR count). The zero-order chi connectivity index (χ0) is 23.8. The van der Waals surface area contributed by atoms with E-state index in [2.05, 4.69) is 23.6 Å². The number of allylic oxidation sites excluding steroid dienone is 4. The molecule has 4 atom stereocenters. The number of amides is 1. The number of nitrogens with two attached hydrogens (primary N) is 2. The predicted molar refractivity (Wildman–Crippen MR) is 134 cm³/mol. The molecule has 1 aliphatic rings. The fourth-order valence-corrected chi connectivity index (χ4v) is 4.06. The summed E-state index contributed by atoms with van der Waals surface area (Å²) in [4.78, 5) is 13.1. The van der Waals surface area contributed by atoms with Gasteiger partial charge < -0.3 is 27.3 Å². The second-order valence-corrected chi connectivity index (χ2v) is 8.34. The summed E-state index contributed by atoms with van der Waals surface area (Å²) in [5.74, 6) is -0.156. The van der Waals surface area contributed by atoms with Gasteiger partial charge in [-0.3, -0.25) is 10.1 Å². The SMILES string of the molecule is CC1C=CC=CC1C(CCN)C(=O)Nc1ccc(N)c(C(=[N-])C(O)NCc2ccccc2)c1. The molecule has 1 amide bonds. The van der Waals surface area contributed by atoms with E-state index in [0.29, 0.717) is 30.9 Å². The van der Waals surface area contributed by atoms with Crippen molar-refractivity contribution < 1.29 is 9.90 Å². The second-order valence-electron chi connectivity index (χ2n) is 8.34. The molecule has 7 heteroatoms. The molecule has 0 radical (unpaired) electrons. The Bertz CT molecular complexity index is 1020. The Balaban J connectivity index is 1.70. The minimum Gasteiger partial charge on any atom is -0.804 e. The average Bonchev–Trinajstić information content (AvgIpc) is 2.83. The highest BCUT2D eigenvalue weighted by Gasteiger charge is 2.30. The summed E-state index contributed by atoms with van der Waals surface area (Å²) in [7, 11) is 0. The number of carbonyl (C=O) groups is 1. The highest BCUT2D eigenvalue weighted by molar-refractivity contribution is 6.10. The number of benzene rings is 2. The molecule has 2 aromatic carbocycles. The number of carbonyl (C=O) groups excluding carboxylic acids is 1. The Morgan fingerprint density at radius 3 is 2.58 bits per heavy atom. The van der Waals surface area contributed by atoms with Gasteiger partial charge in [0.1, 0.15) is 6.23 Å². The third-order valence-electron chi connectivity index (χ3n) is 5.94. The molecule has 7 N–H and O–H groups in total. The Hall–Kier alpha value is -3.26. The first-order valence-corrected chi connectivity index (χ1v) is 11.2. The largest absolute Gasteiger partial charge is 0.804 e. The fraction of sp³-hybridized carbons (Fsp3) is 0.308. The van der Waals surface area contributed by atoms with Crippen molar-refractivity contribution in [1.82, 2.24) is 5.32 Å². The fourth-order valence-electron chi connectivity index (χ4n) is 4.06. The highest BCUT2D eigenvalue weighted by Crippen LogP contribution is 2.30. The van der Waals surface area contributed by atoms with E-state index in [0.717, 1.165) is 5.56 Å². The number of hydrogen-bond acceptors (Lipinski definition) is 5. The summed E-state index contributed by atoms with van der Waals surface area (Å²) in [6.45, 7) is 2.85. The smallest absolute Gasteiger partial charge is 0.228 e. The summed E-state index contributed by atoms with van der Waals surface area (Å²) < 4.78 is 0. The predicted octanol–water partition coefficient (Wildman–Crippen LogP) is 3.02. The summed E-state index contributed by atoms with van der Waals surface area (Å²) in [6, 6.07) is 14.4. The maximum Gasteiger partial charge on any atom is 0.228 e. The molecule has 174 valence electrons. The minimum atomic E-state index is -1.32. The first kappa shape index (κ1) is 24.4. The van der Waals surface area contributed by atoms with Gasteiger partial charge in [-0.2, -0.15) is 0 Å². The van der Waals surface area contributed by atoms with E-state index in [1.54, 1.807) is 18.2 Å². The van der Waals surface area contributed by atoms with E-state index >= 15 is 0 Å². The van der Waals surface area contributed by atoms with Crippen molar-refractivity contribution in [3.8, 4) is 0 Å². The number of aliphatic hydroxyl groups excluding tert-OH is 1. The first-order valence-electron chi connectivity index (χ1n) is 11.2. The maximum absolute atomic E-state index is 13.1. The number of nitrogens with zero attached hydrogens (tertiary/aromatic N) is 1. The highest BCUT2D eigenvalue weighted by atomic mass is 16.3. The topological polar surface area (TPSA) is 136 Å². The molecule has 0 heterocycles. The Morgan fingerprint density at radius 2 is 1.88 bits per heavy atom. The summed E-state index contributed by atoms with van der Waals surface area (Å²) in [5, 5.41) is 26.8. The van der Waals surface area contributed by atoms with Crippen LogP contribution in [0.1, 0.15) is 24.5 Å². The van der Waals surface area contributed by atoms with Crippen LogP contribution in [0.2, 0.25) is 0 Å². The zero-order valence-corrected chi connectivity index (χ0v) is 18.8. The van der Waals surface area contributed by atoms with E-state index in [4.69, 9.17) is 11.5 Å². The lowest BCUT2D eigenvalue weighted by atomic mass is 9.78.